The van der Waals surface area contributed by atoms with Crippen molar-refractivity contribution < 1.29 is 24.5 Å². The van der Waals surface area contributed by atoms with Gasteiger partial charge < -0.3 is 14.9 Å². The van der Waals surface area contributed by atoms with Crippen molar-refractivity contribution in [3.8, 4) is 11.5 Å². The lowest BCUT2D eigenvalue weighted by Gasteiger charge is -2.24. The fraction of sp³-hybridized carbons (Fsp3) is 0.353. The minimum absolute atomic E-state index is 0.00456. The van der Waals surface area contributed by atoms with Gasteiger partial charge in [-0.25, -0.2) is 4.79 Å². The summed E-state index contributed by atoms with van der Waals surface area (Å²) in [5.41, 5.74) is 0.644. The molecule has 1 aromatic rings. The quantitative estimate of drug-likeness (QED) is 0.578. The Morgan fingerprint density at radius 1 is 1.44 bits per heavy atom. The first-order chi connectivity index (χ1) is 11.7. The predicted molar refractivity (Wildman–Crippen MR) is 101 cm³/mol. The molecule has 0 aromatic heterocycles. The second kappa shape index (κ2) is 7.88. The van der Waals surface area contributed by atoms with Crippen LogP contribution < -0.4 is 4.74 Å². The first kappa shape index (κ1) is 19.3. The van der Waals surface area contributed by atoms with Crippen LogP contribution in [0.2, 0.25) is 0 Å². The zero-order valence-corrected chi connectivity index (χ0v) is 15.7. The summed E-state index contributed by atoms with van der Waals surface area (Å²) in [6.07, 6.45) is 1.93. The van der Waals surface area contributed by atoms with E-state index in [1.807, 2.05) is 13.8 Å². The molecule has 134 valence electrons. The van der Waals surface area contributed by atoms with Crippen LogP contribution in [-0.2, 0) is 9.59 Å². The van der Waals surface area contributed by atoms with Crippen molar-refractivity contribution in [3.05, 3.63) is 28.7 Å². The minimum atomic E-state index is -1.07. The third-order valence-electron chi connectivity index (χ3n) is 3.62. The Balaban J connectivity index is 2.32. The highest BCUT2D eigenvalue weighted by Gasteiger charge is 2.40. The van der Waals surface area contributed by atoms with E-state index in [0.717, 1.165) is 11.8 Å². The maximum Gasteiger partial charge on any atom is 0.326 e. The van der Waals surface area contributed by atoms with Crippen LogP contribution in [-0.4, -0.2) is 44.5 Å². The number of ether oxygens (including phenoxy) is 1. The second-order valence-electron chi connectivity index (χ2n) is 5.97. The number of thioether (sulfide) groups is 1. The summed E-state index contributed by atoms with van der Waals surface area (Å²) in [5.74, 6) is -1.11. The molecular formula is C17H19NO5S2. The third-order valence-corrected chi connectivity index (χ3v) is 4.95. The van der Waals surface area contributed by atoms with Crippen LogP contribution in [0.3, 0.4) is 0 Å². The zero-order chi connectivity index (χ0) is 18.7. The number of carboxylic acids is 1. The van der Waals surface area contributed by atoms with E-state index in [0.29, 0.717) is 16.9 Å². The van der Waals surface area contributed by atoms with Gasteiger partial charge in [0.15, 0.2) is 11.5 Å². The number of carbonyl (C=O) groups is 2. The molecule has 1 unspecified atom stereocenters. The lowest BCUT2D eigenvalue weighted by atomic mass is 10.0. The van der Waals surface area contributed by atoms with Gasteiger partial charge in [-0.15, -0.1) is 0 Å². The van der Waals surface area contributed by atoms with E-state index in [4.69, 9.17) is 17.0 Å². The van der Waals surface area contributed by atoms with Crippen molar-refractivity contribution in [2.75, 3.05) is 7.11 Å². The molecule has 1 fully saturated rings. The predicted octanol–water partition coefficient (Wildman–Crippen LogP) is 3.10. The molecule has 6 nitrogen and oxygen atoms in total. The van der Waals surface area contributed by atoms with Crippen molar-refractivity contribution in [3.63, 3.8) is 0 Å². The first-order valence-corrected chi connectivity index (χ1v) is 8.84. The van der Waals surface area contributed by atoms with E-state index in [1.54, 1.807) is 18.2 Å². The van der Waals surface area contributed by atoms with Gasteiger partial charge in [0.25, 0.3) is 5.91 Å². The van der Waals surface area contributed by atoms with Gasteiger partial charge in [0.1, 0.15) is 10.4 Å². The summed E-state index contributed by atoms with van der Waals surface area (Å²) in [5, 5.41) is 19.1. The number of aromatic hydroxyl groups is 1. The standard InChI is InChI=1S/C17H19NO5S2/c1-9(2)6-11(16(21)22)18-15(20)14(25-17(18)24)8-10-4-5-12(19)13(7-10)23-3/h4-5,7-9,11,19H,6H2,1-3H3,(H,21,22). The van der Waals surface area contributed by atoms with Crippen LogP contribution in [0.4, 0.5) is 0 Å². The zero-order valence-electron chi connectivity index (χ0n) is 14.1. The number of carbonyl (C=O) groups excluding carboxylic acids is 1. The monoisotopic (exact) mass is 381 g/mol. The molecule has 1 aliphatic rings. The normalized spacial score (nSPS) is 17.4. The Morgan fingerprint density at radius 3 is 2.68 bits per heavy atom. The molecule has 1 heterocycles. The van der Waals surface area contributed by atoms with E-state index in [2.05, 4.69) is 0 Å². The summed E-state index contributed by atoms with van der Waals surface area (Å²) in [6, 6.07) is 3.70. The Labute approximate surface area is 155 Å². The Kier molecular flexibility index (Phi) is 6.07. The molecule has 0 aliphatic carbocycles. The molecule has 2 rings (SSSR count). The Bertz CT molecular complexity index is 745. The number of aliphatic carboxylic acids is 1. The number of methoxy groups -OCH3 is 1. The van der Waals surface area contributed by atoms with Crippen LogP contribution in [0.15, 0.2) is 23.1 Å². The van der Waals surface area contributed by atoms with Gasteiger partial charge >= 0.3 is 5.97 Å². The van der Waals surface area contributed by atoms with E-state index in [9.17, 15) is 19.8 Å². The van der Waals surface area contributed by atoms with E-state index in [-0.39, 0.29) is 21.7 Å². The summed E-state index contributed by atoms with van der Waals surface area (Å²) < 4.78 is 5.28. The van der Waals surface area contributed by atoms with E-state index in [1.165, 1.54) is 18.1 Å². The summed E-state index contributed by atoms with van der Waals surface area (Å²) >= 11 is 6.30. The molecule has 0 spiro atoms. The van der Waals surface area contributed by atoms with Crippen molar-refractivity contribution >= 4 is 46.3 Å². The number of nitrogens with zero attached hydrogens (tertiary/aromatic N) is 1. The van der Waals surface area contributed by atoms with Crippen LogP contribution in [0.25, 0.3) is 6.08 Å². The molecule has 1 amide bonds. The molecule has 1 atom stereocenters. The molecule has 1 aliphatic heterocycles. The van der Waals surface area contributed by atoms with Crippen molar-refractivity contribution in [2.24, 2.45) is 5.92 Å². The van der Waals surface area contributed by atoms with Crippen LogP contribution in [0, 0.1) is 5.92 Å². The number of hydrogen-bond donors (Lipinski definition) is 2. The van der Waals surface area contributed by atoms with Gasteiger partial charge in [0, 0.05) is 0 Å². The van der Waals surface area contributed by atoms with Crippen molar-refractivity contribution in [2.45, 2.75) is 26.3 Å². The number of amides is 1. The number of thiocarbonyl (C=S) groups is 1. The number of carboxylic acid groups (broad SMARTS) is 1. The van der Waals surface area contributed by atoms with Gasteiger partial charge in [0.05, 0.1) is 12.0 Å². The molecular weight excluding hydrogens is 362 g/mol. The van der Waals surface area contributed by atoms with Crippen molar-refractivity contribution in [1.29, 1.82) is 0 Å². The lowest BCUT2D eigenvalue weighted by Crippen LogP contribution is -2.44. The number of hydrogen-bond acceptors (Lipinski definition) is 6. The highest BCUT2D eigenvalue weighted by Crippen LogP contribution is 2.36. The largest absolute Gasteiger partial charge is 0.504 e. The Morgan fingerprint density at radius 2 is 2.12 bits per heavy atom. The number of benzene rings is 1. The summed E-state index contributed by atoms with van der Waals surface area (Å²) in [6.45, 7) is 3.79. The van der Waals surface area contributed by atoms with Gasteiger partial charge in [0.2, 0.25) is 0 Å². The van der Waals surface area contributed by atoms with Crippen molar-refractivity contribution in [1.82, 2.24) is 4.90 Å². The number of phenols is 1. The topological polar surface area (TPSA) is 87.1 Å². The fourth-order valence-electron chi connectivity index (χ4n) is 2.45. The minimum Gasteiger partial charge on any atom is -0.504 e. The summed E-state index contributed by atoms with van der Waals surface area (Å²) in [7, 11) is 1.43. The molecule has 0 saturated carbocycles. The van der Waals surface area contributed by atoms with E-state index < -0.39 is 17.9 Å². The third kappa shape index (κ3) is 4.32. The molecule has 2 N–H and O–H groups in total. The smallest absolute Gasteiger partial charge is 0.326 e. The number of phenolic OH excluding ortho intramolecular Hbond substituents is 1. The average molecular weight is 381 g/mol. The van der Waals surface area contributed by atoms with Gasteiger partial charge in [-0.2, -0.15) is 0 Å². The SMILES string of the molecule is COc1cc(C=C2SC(=S)N(C(CC(C)C)C(=O)O)C2=O)ccc1O. The number of rotatable bonds is 6. The van der Waals surface area contributed by atoms with Crippen LogP contribution in [0.5, 0.6) is 11.5 Å². The van der Waals surface area contributed by atoms with E-state index >= 15 is 0 Å². The molecule has 1 aromatic carbocycles. The lowest BCUT2D eigenvalue weighted by molar-refractivity contribution is -0.145. The maximum atomic E-state index is 12.7. The maximum absolute atomic E-state index is 12.7. The van der Waals surface area contributed by atoms with Crippen LogP contribution in [0.1, 0.15) is 25.8 Å². The molecule has 25 heavy (non-hydrogen) atoms. The second-order valence-corrected chi connectivity index (χ2v) is 7.64. The molecule has 8 heteroatoms. The average Bonchev–Trinajstić information content (AvgIpc) is 2.80. The first-order valence-electron chi connectivity index (χ1n) is 7.61. The summed E-state index contributed by atoms with van der Waals surface area (Å²) in [4.78, 5) is 25.8. The van der Waals surface area contributed by atoms with Crippen LogP contribution >= 0.6 is 24.0 Å². The van der Waals surface area contributed by atoms with Gasteiger partial charge in [-0.05, 0) is 36.1 Å². The van der Waals surface area contributed by atoms with Gasteiger partial charge in [-0.1, -0.05) is 43.9 Å². The molecule has 1 saturated heterocycles. The molecule has 0 radical (unpaired) electrons. The Hall–Kier alpha value is -2.06. The highest BCUT2D eigenvalue weighted by atomic mass is 32.2. The fourth-order valence-corrected chi connectivity index (χ4v) is 3.80. The van der Waals surface area contributed by atoms with Gasteiger partial charge in [-0.3, -0.25) is 9.69 Å². The highest BCUT2D eigenvalue weighted by molar-refractivity contribution is 8.26. The molecule has 0 bridgehead atoms.